The van der Waals surface area contributed by atoms with Gasteiger partial charge in [0.1, 0.15) is 5.82 Å². The molecule has 0 unspecified atom stereocenters. The molecule has 30 heavy (non-hydrogen) atoms. The summed E-state index contributed by atoms with van der Waals surface area (Å²) in [6.45, 7) is 0.777. The molecule has 1 aromatic heterocycles. The average molecular weight is 400 g/mol. The highest BCUT2D eigenvalue weighted by molar-refractivity contribution is 6.02. The Hall–Kier alpha value is -3.41. The lowest BCUT2D eigenvalue weighted by Crippen LogP contribution is -2.23. The van der Waals surface area contributed by atoms with Crippen LogP contribution >= 0.6 is 0 Å². The Morgan fingerprint density at radius 2 is 1.97 bits per heavy atom. The minimum absolute atomic E-state index is 0.173. The number of imidazole rings is 1. The van der Waals surface area contributed by atoms with E-state index in [9.17, 15) is 9.59 Å². The van der Waals surface area contributed by atoms with Crippen LogP contribution in [-0.2, 0) is 9.59 Å². The van der Waals surface area contributed by atoms with Crippen molar-refractivity contribution in [3.8, 4) is 0 Å². The number of H-pyrrole nitrogens is 1. The molecule has 0 atom stereocenters. The third-order valence-electron chi connectivity index (χ3n) is 5.96. The van der Waals surface area contributed by atoms with E-state index >= 15 is 0 Å². The van der Waals surface area contributed by atoms with E-state index in [1.54, 1.807) is 6.08 Å². The fourth-order valence-electron chi connectivity index (χ4n) is 4.02. The van der Waals surface area contributed by atoms with Gasteiger partial charge in [-0.25, -0.2) is 4.98 Å². The first-order valence-corrected chi connectivity index (χ1v) is 10.5. The van der Waals surface area contributed by atoms with Crippen LogP contribution in [0.4, 0.5) is 11.4 Å². The molecule has 2 heterocycles. The number of nitrogens with zero attached hydrogens (tertiary/aromatic N) is 2. The predicted molar refractivity (Wildman–Crippen MR) is 118 cm³/mol. The number of carbonyl (C=O) groups is 2. The maximum atomic E-state index is 12.3. The van der Waals surface area contributed by atoms with Crippen molar-refractivity contribution in [3.63, 3.8) is 0 Å². The molecule has 0 spiro atoms. The number of amides is 2. The largest absolute Gasteiger partial charge is 0.342 e. The first kappa shape index (κ1) is 18.6. The van der Waals surface area contributed by atoms with Gasteiger partial charge in [-0.1, -0.05) is 18.6 Å². The number of fused-ring (bicyclic) bond motifs is 1. The second-order valence-electron chi connectivity index (χ2n) is 8.04. The van der Waals surface area contributed by atoms with Crippen LogP contribution in [0.15, 0.2) is 48.5 Å². The number of nitrogens with one attached hydrogen (secondary N) is 2. The summed E-state index contributed by atoms with van der Waals surface area (Å²) < 4.78 is 0. The van der Waals surface area contributed by atoms with Gasteiger partial charge in [-0.05, 0) is 61.2 Å². The Morgan fingerprint density at radius 1 is 1.13 bits per heavy atom. The summed E-state index contributed by atoms with van der Waals surface area (Å²) in [5.41, 5.74) is 4.44. The van der Waals surface area contributed by atoms with E-state index in [4.69, 9.17) is 0 Å². The standard InChI is InChI=1S/C24H24N4O2/c29-22(13-8-16-6-10-19(11-7-16)28-14-2-5-23(28)30)25-18-9-12-20-21(15-18)27-24(26-20)17-3-1-4-17/h6-13,15,17H,1-5,14H2,(H,25,29)(H,26,27)/b13-8+. The molecule has 152 valence electrons. The van der Waals surface area contributed by atoms with Crippen LogP contribution in [0.25, 0.3) is 17.1 Å². The molecule has 1 aliphatic carbocycles. The van der Waals surface area contributed by atoms with E-state index < -0.39 is 0 Å². The molecule has 6 heteroatoms. The number of benzene rings is 2. The van der Waals surface area contributed by atoms with Gasteiger partial charge in [0.25, 0.3) is 0 Å². The first-order valence-electron chi connectivity index (χ1n) is 10.5. The third-order valence-corrected chi connectivity index (χ3v) is 5.96. The summed E-state index contributed by atoms with van der Waals surface area (Å²) in [6.07, 6.45) is 8.49. The summed E-state index contributed by atoms with van der Waals surface area (Å²) in [6, 6.07) is 13.4. The summed E-state index contributed by atoms with van der Waals surface area (Å²) >= 11 is 0. The number of hydrogen-bond donors (Lipinski definition) is 2. The molecule has 2 aliphatic rings. The molecule has 6 nitrogen and oxygen atoms in total. The van der Waals surface area contributed by atoms with Crippen molar-refractivity contribution in [2.75, 3.05) is 16.8 Å². The smallest absolute Gasteiger partial charge is 0.248 e. The van der Waals surface area contributed by atoms with Crippen LogP contribution in [-0.4, -0.2) is 28.3 Å². The van der Waals surface area contributed by atoms with Crippen molar-refractivity contribution in [3.05, 3.63) is 59.9 Å². The molecule has 1 aliphatic heterocycles. The second kappa shape index (κ2) is 7.78. The molecule has 2 fully saturated rings. The maximum Gasteiger partial charge on any atom is 0.248 e. The molecule has 2 N–H and O–H groups in total. The molecule has 3 aromatic rings. The highest BCUT2D eigenvalue weighted by atomic mass is 16.2. The quantitative estimate of drug-likeness (QED) is 0.614. The zero-order chi connectivity index (χ0) is 20.5. The number of rotatable bonds is 5. The van der Waals surface area contributed by atoms with E-state index in [0.717, 1.165) is 46.8 Å². The second-order valence-corrected chi connectivity index (χ2v) is 8.04. The highest BCUT2D eigenvalue weighted by Crippen LogP contribution is 2.35. The fourth-order valence-corrected chi connectivity index (χ4v) is 4.02. The lowest BCUT2D eigenvalue weighted by Gasteiger charge is -2.22. The lowest BCUT2D eigenvalue weighted by molar-refractivity contribution is -0.117. The van der Waals surface area contributed by atoms with Gasteiger partial charge in [0.05, 0.1) is 11.0 Å². The van der Waals surface area contributed by atoms with E-state index in [1.165, 1.54) is 25.3 Å². The van der Waals surface area contributed by atoms with Crippen molar-refractivity contribution >= 4 is 40.3 Å². The molecule has 5 rings (SSSR count). The number of hydrogen-bond acceptors (Lipinski definition) is 3. The van der Waals surface area contributed by atoms with Crippen LogP contribution in [0.2, 0.25) is 0 Å². The Balaban J connectivity index is 1.23. The summed E-state index contributed by atoms with van der Waals surface area (Å²) in [5.74, 6) is 1.59. The van der Waals surface area contributed by atoms with Crippen molar-refractivity contribution < 1.29 is 9.59 Å². The Bertz CT molecular complexity index is 1130. The van der Waals surface area contributed by atoms with Crippen molar-refractivity contribution in [1.29, 1.82) is 0 Å². The number of carbonyl (C=O) groups excluding carboxylic acids is 2. The summed E-state index contributed by atoms with van der Waals surface area (Å²) in [7, 11) is 0. The zero-order valence-corrected chi connectivity index (χ0v) is 16.7. The summed E-state index contributed by atoms with van der Waals surface area (Å²) in [4.78, 5) is 34.0. The van der Waals surface area contributed by atoms with Crippen molar-refractivity contribution in [2.45, 2.75) is 38.0 Å². The monoisotopic (exact) mass is 400 g/mol. The van der Waals surface area contributed by atoms with Crippen molar-refractivity contribution in [1.82, 2.24) is 9.97 Å². The van der Waals surface area contributed by atoms with Gasteiger partial charge < -0.3 is 15.2 Å². The van der Waals surface area contributed by atoms with Gasteiger partial charge in [0, 0.05) is 36.3 Å². The third kappa shape index (κ3) is 3.73. The SMILES string of the molecule is O=C(/C=C/c1ccc(N2CCCC2=O)cc1)Nc1ccc2nc(C3CCC3)[nH]c2c1. The van der Waals surface area contributed by atoms with Gasteiger partial charge in [0.15, 0.2) is 0 Å². The number of aromatic amines is 1. The van der Waals surface area contributed by atoms with Crippen LogP contribution < -0.4 is 10.2 Å². The molecule has 2 aromatic carbocycles. The van der Waals surface area contributed by atoms with Gasteiger partial charge in [-0.15, -0.1) is 0 Å². The fraction of sp³-hybridized carbons (Fsp3) is 0.292. The molecular formula is C24H24N4O2. The van der Waals surface area contributed by atoms with Gasteiger partial charge >= 0.3 is 0 Å². The molecular weight excluding hydrogens is 376 g/mol. The van der Waals surface area contributed by atoms with Crippen LogP contribution in [0.3, 0.4) is 0 Å². The minimum Gasteiger partial charge on any atom is -0.342 e. The van der Waals surface area contributed by atoms with E-state index in [0.29, 0.717) is 12.3 Å². The normalized spacial score (nSPS) is 17.1. The Labute approximate surface area is 175 Å². The molecule has 1 saturated heterocycles. The number of aromatic nitrogens is 2. The maximum absolute atomic E-state index is 12.3. The predicted octanol–water partition coefficient (Wildman–Crippen LogP) is 4.61. The number of anilines is 2. The van der Waals surface area contributed by atoms with Crippen LogP contribution in [0, 0.1) is 0 Å². The van der Waals surface area contributed by atoms with Crippen molar-refractivity contribution in [2.24, 2.45) is 0 Å². The van der Waals surface area contributed by atoms with Crippen LogP contribution in [0.1, 0.15) is 49.4 Å². The van der Waals surface area contributed by atoms with Gasteiger partial charge in [-0.2, -0.15) is 0 Å². The topological polar surface area (TPSA) is 78.1 Å². The van der Waals surface area contributed by atoms with E-state index in [-0.39, 0.29) is 11.8 Å². The Morgan fingerprint density at radius 3 is 2.67 bits per heavy atom. The van der Waals surface area contributed by atoms with Gasteiger partial charge in [0.2, 0.25) is 11.8 Å². The molecule has 1 saturated carbocycles. The van der Waals surface area contributed by atoms with Crippen LogP contribution in [0.5, 0.6) is 0 Å². The lowest BCUT2D eigenvalue weighted by atomic mass is 9.85. The summed E-state index contributed by atoms with van der Waals surface area (Å²) in [5, 5.41) is 2.91. The molecule has 0 radical (unpaired) electrons. The molecule has 0 bridgehead atoms. The zero-order valence-electron chi connectivity index (χ0n) is 16.7. The highest BCUT2D eigenvalue weighted by Gasteiger charge is 2.23. The van der Waals surface area contributed by atoms with Gasteiger partial charge in [-0.3, -0.25) is 9.59 Å². The van der Waals surface area contributed by atoms with E-state index in [2.05, 4.69) is 15.3 Å². The van der Waals surface area contributed by atoms with E-state index in [1.807, 2.05) is 47.4 Å². The minimum atomic E-state index is -0.188. The average Bonchev–Trinajstić information content (AvgIpc) is 3.31. The first-order chi connectivity index (χ1) is 14.7. The Kier molecular flexibility index (Phi) is 4.83. The molecule has 2 amide bonds.